The third-order valence-corrected chi connectivity index (χ3v) is 5.08. The maximum Gasteiger partial charge on any atom is 0.337 e. The molecule has 3 aromatic rings. The normalized spacial score (nSPS) is 16.7. The monoisotopic (exact) mass is 386 g/mol. The molecule has 1 aliphatic rings. The van der Waals surface area contributed by atoms with Crippen LogP contribution < -0.4 is 0 Å². The lowest BCUT2D eigenvalue weighted by Gasteiger charge is -2.32. The summed E-state index contributed by atoms with van der Waals surface area (Å²) in [6, 6.07) is 27.6. The Morgan fingerprint density at radius 3 is 2.21 bits per heavy atom. The molecular formula is C24H22N2O3. The molecule has 1 unspecified atom stereocenters. The number of amidine groups is 1. The molecule has 2 atom stereocenters. The molecule has 4 rings (SSSR count). The molecule has 146 valence electrons. The quantitative estimate of drug-likeness (QED) is 0.584. The summed E-state index contributed by atoms with van der Waals surface area (Å²) < 4.78 is 4.79. The number of carbonyl (C=O) groups excluding carboxylic acids is 1. The van der Waals surface area contributed by atoms with Gasteiger partial charge in [-0.2, -0.15) is 0 Å². The lowest BCUT2D eigenvalue weighted by atomic mass is 10.0. The van der Waals surface area contributed by atoms with Gasteiger partial charge in [0.25, 0.3) is 0 Å². The number of ether oxygens (including phenoxy) is 1. The first-order chi connectivity index (χ1) is 14.2. The van der Waals surface area contributed by atoms with Crippen molar-refractivity contribution in [2.75, 3.05) is 7.11 Å². The van der Waals surface area contributed by atoms with Crippen LogP contribution in [0.15, 0.2) is 90.1 Å². The van der Waals surface area contributed by atoms with Gasteiger partial charge in [0.2, 0.25) is 6.23 Å². The summed E-state index contributed by atoms with van der Waals surface area (Å²) in [5.74, 6) is 0.365. The van der Waals surface area contributed by atoms with Gasteiger partial charge in [-0.1, -0.05) is 78.0 Å². The van der Waals surface area contributed by atoms with Crippen LogP contribution >= 0.6 is 0 Å². The van der Waals surface area contributed by atoms with Crippen molar-refractivity contribution in [3.05, 3.63) is 107 Å². The average Bonchev–Trinajstić information content (AvgIpc) is 3.24. The number of hydrogen-bond acceptors (Lipinski definition) is 5. The summed E-state index contributed by atoms with van der Waals surface area (Å²) >= 11 is 0. The van der Waals surface area contributed by atoms with Gasteiger partial charge in [-0.05, 0) is 24.6 Å². The van der Waals surface area contributed by atoms with Crippen molar-refractivity contribution >= 4 is 11.8 Å². The van der Waals surface area contributed by atoms with Crippen molar-refractivity contribution in [1.82, 2.24) is 4.90 Å². The Labute approximate surface area is 170 Å². The first kappa shape index (κ1) is 18.7. The first-order valence-electron chi connectivity index (χ1n) is 9.50. The molecule has 0 aliphatic carbocycles. The molecule has 0 saturated heterocycles. The SMILES string of the molecule is COC(=O)c1ccc(C2=NOC(c3ccccc3)N2[C@@H](C)c2ccccc2)cc1. The second kappa shape index (κ2) is 8.19. The van der Waals surface area contributed by atoms with Crippen LogP contribution in [0.25, 0.3) is 0 Å². The van der Waals surface area contributed by atoms with E-state index in [0.29, 0.717) is 5.56 Å². The van der Waals surface area contributed by atoms with Crippen LogP contribution in [0.3, 0.4) is 0 Å². The molecule has 0 aromatic heterocycles. The maximum absolute atomic E-state index is 11.8. The van der Waals surface area contributed by atoms with E-state index >= 15 is 0 Å². The zero-order valence-electron chi connectivity index (χ0n) is 16.4. The predicted molar refractivity (Wildman–Crippen MR) is 111 cm³/mol. The number of esters is 1. The van der Waals surface area contributed by atoms with Crippen LogP contribution in [0, 0.1) is 0 Å². The standard InChI is InChI=1S/C24H22N2O3/c1-17(18-9-5-3-6-10-18)26-22(19-13-15-21(16-14-19)24(27)28-2)25-29-23(26)20-11-7-4-8-12-20/h3-17,23H,1-2H3/t17-,23?/m0/s1. The second-order valence-corrected chi connectivity index (χ2v) is 6.85. The lowest BCUT2D eigenvalue weighted by Crippen LogP contribution is -2.33. The summed E-state index contributed by atoms with van der Waals surface area (Å²) in [6.45, 7) is 2.14. The molecule has 29 heavy (non-hydrogen) atoms. The number of methoxy groups -OCH3 is 1. The number of hydrogen-bond donors (Lipinski definition) is 0. The van der Waals surface area contributed by atoms with Crippen molar-refractivity contribution in [2.24, 2.45) is 5.16 Å². The highest BCUT2D eigenvalue weighted by Crippen LogP contribution is 2.37. The van der Waals surface area contributed by atoms with Gasteiger partial charge in [0.15, 0.2) is 5.84 Å². The molecule has 0 bridgehead atoms. The van der Waals surface area contributed by atoms with Crippen molar-refractivity contribution in [2.45, 2.75) is 19.2 Å². The zero-order valence-corrected chi connectivity index (χ0v) is 16.4. The summed E-state index contributed by atoms with van der Waals surface area (Å²) in [5, 5.41) is 4.41. The summed E-state index contributed by atoms with van der Waals surface area (Å²) in [7, 11) is 1.37. The van der Waals surface area contributed by atoms with Crippen LogP contribution in [0.1, 0.15) is 46.2 Å². The highest BCUT2D eigenvalue weighted by atomic mass is 16.7. The highest BCUT2D eigenvalue weighted by molar-refractivity contribution is 6.00. The Morgan fingerprint density at radius 1 is 0.966 bits per heavy atom. The number of benzene rings is 3. The average molecular weight is 386 g/mol. The minimum Gasteiger partial charge on any atom is -0.465 e. The number of oxime groups is 1. The molecule has 1 aliphatic heterocycles. The van der Waals surface area contributed by atoms with E-state index in [1.54, 1.807) is 12.1 Å². The molecule has 0 radical (unpaired) electrons. The van der Waals surface area contributed by atoms with Gasteiger partial charge in [0.1, 0.15) is 0 Å². The molecule has 0 fully saturated rings. The summed E-state index contributed by atoms with van der Waals surface area (Å²) in [5.41, 5.74) is 3.56. The minimum absolute atomic E-state index is 0.0305. The lowest BCUT2D eigenvalue weighted by molar-refractivity contribution is -0.00544. The Balaban J connectivity index is 1.71. The fourth-order valence-electron chi connectivity index (χ4n) is 3.50. The molecule has 0 amide bonds. The zero-order chi connectivity index (χ0) is 20.2. The van der Waals surface area contributed by atoms with Crippen LogP contribution in [0.4, 0.5) is 0 Å². The smallest absolute Gasteiger partial charge is 0.337 e. The summed E-state index contributed by atoms with van der Waals surface area (Å²) in [4.78, 5) is 19.8. The van der Waals surface area contributed by atoms with E-state index in [0.717, 1.165) is 22.5 Å². The Kier molecular flexibility index (Phi) is 5.29. The third kappa shape index (κ3) is 3.72. The Hall–Kier alpha value is -3.60. The first-order valence-corrected chi connectivity index (χ1v) is 9.50. The van der Waals surface area contributed by atoms with E-state index in [1.165, 1.54) is 7.11 Å². The van der Waals surface area contributed by atoms with E-state index in [2.05, 4.69) is 29.1 Å². The number of rotatable bonds is 5. The van der Waals surface area contributed by atoms with Crippen molar-refractivity contribution < 1.29 is 14.4 Å². The van der Waals surface area contributed by atoms with Gasteiger partial charge in [-0.15, -0.1) is 0 Å². The second-order valence-electron chi connectivity index (χ2n) is 6.85. The fraction of sp³-hybridized carbons (Fsp3) is 0.167. The molecular weight excluding hydrogens is 364 g/mol. The van der Waals surface area contributed by atoms with Gasteiger partial charge >= 0.3 is 5.97 Å². The van der Waals surface area contributed by atoms with Crippen LogP contribution in [0.5, 0.6) is 0 Å². The Bertz CT molecular complexity index is 1000. The van der Waals surface area contributed by atoms with E-state index < -0.39 is 0 Å². The van der Waals surface area contributed by atoms with Crippen molar-refractivity contribution in [3.63, 3.8) is 0 Å². The van der Waals surface area contributed by atoms with Crippen LogP contribution in [-0.4, -0.2) is 23.8 Å². The largest absolute Gasteiger partial charge is 0.465 e. The van der Waals surface area contributed by atoms with Crippen LogP contribution in [-0.2, 0) is 9.57 Å². The molecule has 1 heterocycles. The van der Waals surface area contributed by atoms with Crippen molar-refractivity contribution in [3.8, 4) is 0 Å². The van der Waals surface area contributed by atoms with Gasteiger partial charge in [-0.3, -0.25) is 0 Å². The van der Waals surface area contributed by atoms with E-state index in [9.17, 15) is 4.79 Å². The van der Waals surface area contributed by atoms with E-state index in [-0.39, 0.29) is 18.2 Å². The van der Waals surface area contributed by atoms with Gasteiger partial charge in [0.05, 0.1) is 18.7 Å². The molecule has 0 N–H and O–H groups in total. The highest BCUT2D eigenvalue weighted by Gasteiger charge is 2.36. The van der Waals surface area contributed by atoms with E-state index in [1.807, 2.05) is 60.7 Å². The van der Waals surface area contributed by atoms with Gasteiger partial charge < -0.3 is 14.5 Å². The molecule has 5 heteroatoms. The minimum atomic E-state index is -0.363. The molecule has 0 saturated carbocycles. The molecule has 0 spiro atoms. The van der Waals surface area contributed by atoms with E-state index in [4.69, 9.17) is 9.57 Å². The Morgan fingerprint density at radius 2 is 1.59 bits per heavy atom. The maximum atomic E-state index is 11.8. The predicted octanol–water partition coefficient (Wildman–Crippen LogP) is 4.93. The van der Waals surface area contributed by atoms with Crippen molar-refractivity contribution in [1.29, 1.82) is 0 Å². The topological polar surface area (TPSA) is 51.1 Å². The van der Waals surface area contributed by atoms with Crippen LogP contribution in [0.2, 0.25) is 0 Å². The number of nitrogens with zero attached hydrogens (tertiary/aromatic N) is 2. The third-order valence-electron chi connectivity index (χ3n) is 5.08. The van der Waals surface area contributed by atoms with Gasteiger partial charge in [-0.25, -0.2) is 4.79 Å². The summed E-state index contributed by atoms with van der Waals surface area (Å²) in [6.07, 6.45) is -0.332. The fourth-order valence-corrected chi connectivity index (χ4v) is 3.50. The molecule has 3 aromatic carbocycles. The number of carbonyl (C=O) groups is 1. The van der Waals surface area contributed by atoms with Gasteiger partial charge in [0, 0.05) is 11.1 Å². The molecule has 5 nitrogen and oxygen atoms in total.